The van der Waals surface area contributed by atoms with Gasteiger partial charge < -0.3 is 19.5 Å². The molecule has 0 aliphatic carbocycles. The second-order valence-corrected chi connectivity index (χ2v) is 7.33. The molecule has 2 saturated heterocycles. The van der Waals surface area contributed by atoms with Crippen LogP contribution in [0.2, 0.25) is 0 Å². The van der Waals surface area contributed by atoms with Gasteiger partial charge in [0.2, 0.25) is 5.91 Å². The molecule has 0 unspecified atom stereocenters. The SMILES string of the molecule is CN(C)C(=O)C[C@H]1CN2C[C@H](NC(=O)c3ccn(C)c(=O)c3)C[C@H]2CO1. The van der Waals surface area contributed by atoms with Gasteiger partial charge >= 0.3 is 0 Å². The van der Waals surface area contributed by atoms with Gasteiger partial charge in [0.25, 0.3) is 11.5 Å². The van der Waals surface area contributed by atoms with Crippen LogP contribution in [0.25, 0.3) is 0 Å². The van der Waals surface area contributed by atoms with E-state index in [0.29, 0.717) is 25.1 Å². The highest BCUT2D eigenvalue weighted by molar-refractivity contribution is 5.94. The van der Waals surface area contributed by atoms with Crippen molar-refractivity contribution in [2.75, 3.05) is 33.8 Å². The number of hydrogen-bond acceptors (Lipinski definition) is 5. The van der Waals surface area contributed by atoms with Gasteiger partial charge in [0.05, 0.1) is 19.1 Å². The third kappa shape index (κ3) is 4.13. The number of hydrogen-bond donors (Lipinski definition) is 1. The van der Waals surface area contributed by atoms with Crippen molar-refractivity contribution in [1.29, 1.82) is 0 Å². The summed E-state index contributed by atoms with van der Waals surface area (Å²) in [5.41, 5.74) is 0.173. The van der Waals surface area contributed by atoms with E-state index in [2.05, 4.69) is 10.2 Å². The van der Waals surface area contributed by atoms with E-state index in [-0.39, 0.29) is 35.6 Å². The standard InChI is InChI=1S/C18H26N4O4/c1-20(2)16(23)8-15-10-22-9-13(7-14(22)11-26-15)19-18(25)12-4-5-21(3)17(24)6-12/h4-6,13-15H,7-11H2,1-3H3,(H,19,25)/t13-,14+,15+/m1/s1. The first-order chi connectivity index (χ1) is 12.3. The highest BCUT2D eigenvalue weighted by atomic mass is 16.5. The first-order valence-corrected chi connectivity index (χ1v) is 8.87. The minimum absolute atomic E-state index is 0.0171. The molecule has 2 aliphatic heterocycles. The van der Waals surface area contributed by atoms with E-state index in [1.807, 2.05) is 0 Å². The van der Waals surface area contributed by atoms with Crippen LogP contribution >= 0.6 is 0 Å². The largest absolute Gasteiger partial charge is 0.375 e. The smallest absolute Gasteiger partial charge is 0.251 e. The second kappa shape index (κ2) is 7.59. The number of rotatable bonds is 4. The average Bonchev–Trinajstić information content (AvgIpc) is 2.98. The Labute approximate surface area is 152 Å². The number of fused-ring (bicyclic) bond motifs is 1. The molecule has 142 valence electrons. The first kappa shape index (κ1) is 18.6. The molecule has 0 bridgehead atoms. The van der Waals surface area contributed by atoms with Crippen LogP contribution in [-0.2, 0) is 16.6 Å². The maximum atomic E-state index is 12.4. The second-order valence-electron chi connectivity index (χ2n) is 7.33. The number of morpholine rings is 1. The number of nitrogens with zero attached hydrogens (tertiary/aromatic N) is 3. The minimum atomic E-state index is -0.229. The van der Waals surface area contributed by atoms with Crippen molar-refractivity contribution in [3.05, 3.63) is 34.2 Å². The molecule has 0 radical (unpaired) electrons. The van der Waals surface area contributed by atoms with Crippen molar-refractivity contribution in [3.8, 4) is 0 Å². The summed E-state index contributed by atoms with van der Waals surface area (Å²) in [5.74, 6) is -0.170. The molecular formula is C18H26N4O4. The zero-order valence-electron chi connectivity index (χ0n) is 15.5. The van der Waals surface area contributed by atoms with Gasteiger partial charge in [-0.05, 0) is 12.5 Å². The van der Waals surface area contributed by atoms with Crippen LogP contribution < -0.4 is 10.9 Å². The number of pyridine rings is 1. The van der Waals surface area contributed by atoms with Gasteiger partial charge in [0.1, 0.15) is 0 Å². The van der Waals surface area contributed by atoms with Crippen LogP contribution in [0.5, 0.6) is 0 Å². The summed E-state index contributed by atoms with van der Waals surface area (Å²) in [6.45, 7) is 2.00. The molecule has 3 atom stereocenters. The monoisotopic (exact) mass is 362 g/mol. The van der Waals surface area contributed by atoms with Crippen LogP contribution in [0.1, 0.15) is 23.2 Å². The van der Waals surface area contributed by atoms with E-state index in [1.54, 1.807) is 38.3 Å². The predicted octanol–water partition coefficient (Wildman–Crippen LogP) is -0.565. The Hall–Kier alpha value is -2.19. The fourth-order valence-corrected chi connectivity index (χ4v) is 3.51. The molecule has 2 amide bonds. The zero-order valence-corrected chi connectivity index (χ0v) is 15.5. The molecular weight excluding hydrogens is 336 g/mol. The Balaban J connectivity index is 1.55. The molecule has 3 heterocycles. The summed E-state index contributed by atoms with van der Waals surface area (Å²) in [7, 11) is 5.13. The van der Waals surface area contributed by atoms with Gasteiger partial charge in [-0.25, -0.2) is 0 Å². The van der Waals surface area contributed by atoms with E-state index < -0.39 is 0 Å². The summed E-state index contributed by atoms with van der Waals surface area (Å²) in [6, 6.07) is 3.27. The van der Waals surface area contributed by atoms with Crippen molar-refractivity contribution in [2.24, 2.45) is 7.05 Å². The van der Waals surface area contributed by atoms with E-state index in [9.17, 15) is 14.4 Å². The summed E-state index contributed by atoms with van der Waals surface area (Å²) >= 11 is 0. The molecule has 8 heteroatoms. The minimum Gasteiger partial charge on any atom is -0.375 e. The average molecular weight is 362 g/mol. The third-order valence-corrected chi connectivity index (χ3v) is 5.09. The number of aryl methyl sites for hydroxylation is 1. The van der Waals surface area contributed by atoms with E-state index >= 15 is 0 Å². The first-order valence-electron chi connectivity index (χ1n) is 8.87. The quantitative estimate of drug-likeness (QED) is 0.776. The highest BCUT2D eigenvalue weighted by Gasteiger charge is 2.38. The molecule has 8 nitrogen and oxygen atoms in total. The summed E-state index contributed by atoms with van der Waals surface area (Å²) in [4.78, 5) is 39.8. The number of nitrogens with one attached hydrogen (secondary N) is 1. The fourth-order valence-electron chi connectivity index (χ4n) is 3.51. The lowest BCUT2D eigenvalue weighted by Crippen LogP contribution is -2.47. The molecule has 3 rings (SSSR count). The van der Waals surface area contributed by atoms with Gasteiger partial charge in [-0.3, -0.25) is 19.3 Å². The van der Waals surface area contributed by atoms with Gasteiger partial charge in [-0.15, -0.1) is 0 Å². The number of carbonyl (C=O) groups is 2. The van der Waals surface area contributed by atoms with Crippen LogP contribution in [-0.4, -0.2) is 78.2 Å². The summed E-state index contributed by atoms with van der Waals surface area (Å²) in [6.07, 6.45) is 2.67. The molecule has 2 aliphatic rings. The molecule has 1 aromatic rings. The Kier molecular flexibility index (Phi) is 5.43. The van der Waals surface area contributed by atoms with Crippen molar-refractivity contribution in [1.82, 2.24) is 19.7 Å². The molecule has 2 fully saturated rings. The van der Waals surface area contributed by atoms with Crippen LogP contribution in [0.15, 0.2) is 23.1 Å². The molecule has 1 N–H and O–H groups in total. The number of amides is 2. The normalized spacial score (nSPS) is 25.6. The van der Waals surface area contributed by atoms with Crippen LogP contribution in [0.3, 0.4) is 0 Å². The Bertz CT molecular complexity index is 745. The number of carbonyl (C=O) groups excluding carboxylic acids is 2. The Morgan fingerprint density at radius 3 is 2.81 bits per heavy atom. The number of aromatic nitrogens is 1. The van der Waals surface area contributed by atoms with E-state index in [1.165, 1.54) is 10.6 Å². The van der Waals surface area contributed by atoms with Gasteiger partial charge in [-0.2, -0.15) is 0 Å². The fraction of sp³-hybridized carbons (Fsp3) is 0.611. The maximum Gasteiger partial charge on any atom is 0.251 e. The lowest BCUT2D eigenvalue weighted by molar-refractivity contribution is -0.134. The van der Waals surface area contributed by atoms with Crippen molar-refractivity contribution < 1.29 is 14.3 Å². The van der Waals surface area contributed by atoms with Crippen LogP contribution in [0, 0.1) is 0 Å². The summed E-state index contributed by atoms with van der Waals surface area (Å²) in [5, 5.41) is 3.01. The molecule has 26 heavy (non-hydrogen) atoms. The molecule has 0 saturated carbocycles. The lowest BCUT2D eigenvalue weighted by atomic mass is 10.1. The number of ether oxygens (including phenoxy) is 1. The highest BCUT2D eigenvalue weighted by Crippen LogP contribution is 2.24. The van der Waals surface area contributed by atoms with E-state index in [4.69, 9.17) is 4.74 Å². The predicted molar refractivity (Wildman–Crippen MR) is 96.0 cm³/mol. The zero-order chi connectivity index (χ0) is 18.8. The van der Waals surface area contributed by atoms with Crippen LogP contribution in [0.4, 0.5) is 0 Å². The van der Waals surface area contributed by atoms with Crippen molar-refractivity contribution in [3.63, 3.8) is 0 Å². The molecule has 1 aromatic heterocycles. The van der Waals surface area contributed by atoms with Crippen molar-refractivity contribution >= 4 is 11.8 Å². The summed E-state index contributed by atoms with van der Waals surface area (Å²) < 4.78 is 7.26. The third-order valence-electron chi connectivity index (χ3n) is 5.09. The van der Waals surface area contributed by atoms with Gasteiger partial charge in [-0.1, -0.05) is 0 Å². The van der Waals surface area contributed by atoms with Gasteiger partial charge in [0, 0.05) is 64.1 Å². The lowest BCUT2D eigenvalue weighted by Gasteiger charge is -2.35. The molecule has 0 spiro atoms. The Morgan fingerprint density at radius 1 is 1.35 bits per heavy atom. The Morgan fingerprint density at radius 2 is 2.12 bits per heavy atom. The molecule has 0 aromatic carbocycles. The maximum absolute atomic E-state index is 12.4. The van der Waals surface area contributed by atoms with Gasteiger partial charge in [0.15, 0.2) is 0 Å². The van der Waals surface area contributed by atoms with E-state index in [0.717, 1.165) is 13.0 Å². The van der Waals surface area contributed by atoms with Crippen molar-refractivity contribution in [2.45, 2.75) is 31.0 Å². The topological polar surface area (TPSA) is 83.9 Å².